The largest absolute Gasteiger partial charge is 0.380 e. The minimum absolute atomic E-state index is 0.624. The molecule has 18 heavy (non-hydrogen) atoms. The van der Waals surface area contributed by atoms with E-state index in [9.17, 15) is 0 Å². The van der Waals surface area contributed by atoms with Crippen molar-refractivity contribution in [3.05, 3.63) is 0 Å². The molecule has 1 N–H and O–H groups in total. The molecule has 0 unspecified atom stereocenters. The highest BCUT2D eigenvalue weighted by atomic mass is 16.5. The molecular weight excluding hydrogens is 224 g/mol. The monoisotopic (exact) mass is 258 g/mol. The third-order valence-electron chi connectivity index (χ3n) is 3.16. The molecule has 0 bridgehead atoms. The first-order chi connectivity index (χ1) is 8.70. The van der Waals surface area contributed by atoms with Crippen molar-refractivity contribution in [2.75, 3.05) is 39.4 Å². The summed E-state index contributed by atoms with van der Waals surface area (Å²) in [7, 11) is 0. The predicted octanol–water partition coefficient (Wildman–Crippen LogP) is 2.90. The van der Waals surface area contributed by atoms with Crippen LogP contribution in [0.15, 0.2) is 0 Å². The summed E-state index contributed by atoms with van der Waals surface area (Å²) in [5.41, 5.74) is 0. The maximum absolute atomic E-state index is 5.40. The Labute approximate surface area is 114 Å². The molecule has 3 nitrogen and oxygen atoms in total. The first-order valence-corrected chi connectivity index (χ1v) is 7.74. The summed E-state index contributed by atoms with van der Waals surface area (Å²) in [4.78, 5) is 2.49. The van der Waals surface area contributed by atoms with Gasteiger partial charge in [-0.05, 0) is 39.4 Å². The van der Waals surface area contributed by atoms with Gasteiger partial charge in [-0.3, -0.25) is 0 Å². The minimum atomic E-state index is 0.624. The lowest BCUT2D eigenvalue weighted by Gasteiger charge is -2.20. The van der Waals surface area contributed by atoms with Gasteiger partial charge in [0.2, 0.25) is 0 Å². The molecular formula is C15H34N2O. The summed E-state index contributed by atoms with van der Waals surface area (Å²) in [6, 6.07) is 0.624. The van der Waals surface area contributed by atoms with E-state index in [4.69, 9.17) is 4.74 Å². The van der Waals surface area contributed by atoms with Gasteiger partial charge >= 0.3 is 0 Å². The second-order valence-electron chi connectivity index (χ2n) is 5.15. The van der Waals surface area contributed by atoms with Crippen molar-refractivity contribution < 1.29 is 4.74 Å². The molecule has 0 aliphatic carbocycles. The van der Waals surface area contributed by atoms with Crippen LogP contribution in [0, 0.1) is 0 Å². The molecule has 0 rings (SSSR count). The van der Waals surface area contributed by atoms with E-state index in [1.807, 2.05) is 0 Å². The average molecular weight is 258 g/mol. The Hall–Kier alpha value is -0.120. The number of hydrogen-bond acceptors (Lipinski definition) is 3. The van der Waals surface area contributed by atoms with Gasteiger partial charge in [-0.2, -0.15) is 0 Å². The minimum Gasteiger partial charge on any atom is -0.380 e. The molecule has 0 saturated carbocycles. The third-order valence-corrected chi connectivity index (χ3v) is 3.16. The highest BCUT2D eigenvalue weighted by Crippen LogP contribution is 2.01. The SMILES string of the molecule is CCOCCN(CC)CCCCCCNC(C)C. The number of likely N-dealkylation sites (N-methyl/N-ethyl adjacent to an activating group) is 1. The first kappa shape index (κ1) is 17.9. The lowest BCUT2D eigenvalue weighted by atomic mass is 10.2. The highest BCUT2D eigenvalue weighted by molar-refractivity contribution is 4.57. The fourth-order valence-corrected chi connectivity index (χ4v) is 1.97. The van der Waals surface area contributed by atoms with Crippen LogP contribution < -0.4 is 5.32 Å². The molecule has 0 spiro atoms. The lowest BCUT2D eigenvalue weighted by molar-refractivity contribution is 0.114. The standard InChI is InChI=1S/C15H34N2O/c1-5-17(13-14-18-6-2)12-10-8-7-9-11-16-15(3)4/h15-16H,5-14H2,1-4H3. The maximum Gasteiger partial charge on any atom is 0.0593 e. The summed E-state index contributed by atoms with van der Waals surface area (Å²) < 4.78 is 5.40. The average Bonchev–Trinajstić information content (AvgIpc) is 2.35. The molecule has 0 aromatic rings. The predicted molar refractivity (Wildman–Crippen MR) is 80.2 cm³/mol. The van der Waals surface area contributed by atoms with Gasteiger partial charge in [0.15, 0.2) is 0 Å². The van der Waals surface area contributed by atoms with Crippen LogP contribution in [-0.2, 0) is 4.74 Å². The highest BCUT2D eigenvalue weighted by Gasteiger charge is 2.01. The number of nitrogens with one attached hydrogen (secondary N) is 1. The van der Waals surface area contributed by atoms with Gasteiger partial charge < -0.3 is 15.0 Å². The molecule has 3 heteroatoms. The van der Waals surface area contributed by atoms with Crippen molar-refractivity contribution in [2.45, 2.75) is 59.4 Å². The van der Waals surface area contributed by atoms with Gasteiger partial charge in [0, 0.05) is 19.2 Å². The molecule has 0 radical (unpaired) electrons. The first-order valence-electron chi connectivity index (χ1n) is 7.74. The lowest BCUT2D eigenvalue weighted by Crippen LogP contribution is -2.28. The Balaban J connectivity index is 3.28. The Morgan fingerprint density at radius 2 is 1.72 bits per heavy atom. The number of ether oxygens (including phenoxy) is 1. The van der Waals surface area contributed by atoms with Gasteiger partial charge in [0.1, 0.15) is 0 Å². The van der Waals surface area contributed by atoms with Gasteiger partial charge in [-0.15, -0.1) is 0 Å². The topological polar surface area (TPSA) is 24.5 Å². The van der Waals surface area contributed by atoms with Crippen molar-refractivity contribution in [1.29, 1.82) is 0 Å². The summed E-state index contributed by atoms with van der Waals surface area (Å²) in [6.07, 6.45) is 5.33. The fraction of sp³-hybridized carbons (Fsp3) is 1.00. The third kappa shape index (κ3) is 12.3. The second-order valence-corrected chi connectivity index (χ2v) is 5.15. The Bertz CT molecular complexity index is 163. The van der Waals surface area contributed by atoms with Gasteiger partial charge in [0.05, 0.1) is 6.61 Å². The molecule has 110 valence electrons. The molecule has 0 atom stereocenters. The Morgan fingerprint density at radius 3 is 2.33 bits per heavy atom. The van der Waals surface area contributed by atoms with Crippen molar-refractivity contribution in [3.63, 3.8) is 0 Å². The summed E-state index contributed by atoms with van der Waals surface area (Å²) in [6.45, 7) is 15.0. The maximum atomic E-state index is 5.40. The van der Waals surface area contributed by atoms with Crippen molar-refractivity contribution >= 4 is 0 Å². The van der Waals surface area contributed by atoms with Gasteiger partial charge in [0.25, 0.3) is 0 Å². The van der Waals surface area contributed by atoms with Crippen LogP contribution in [0.2, 0.25) is 0 Å². The quantitative estimate of drug-likeness (QED) is 0.514. The zero-order chi connectivity index (χ0) is 13.6. The van der Waals surface area contributed by atoms with E-state index >= 15 is 0 Å². The van der Waals surface area contributed by atoms with Crippen molar-refractivity contribution in [3.8, 4) is 0 Å². The van der Waals surface area contributed by atoms with Crippen LogP contribution in [0.5, 0.6) is 0 Å². The van der Waals surface area contributed by atoms with E-state index in [1.165, 1.54) is 38.8 Å². The number of nitrogens with zero attached hydrogens (tertiary/aromatic N) is 1. The zero-order valence-electron chi connectivity index (χ0n) is 13.0. The molecule has 0 aliphatic heterocycles. The summed E-state index contributed by atoms with van der Waals surface area (Å²) in [5.74, 6) is 0. The summed E-state index contributed by atoms with van der Waals surface area (Å²) >= 11 is 0. The molecule has 0 heterocycles. The van der Waals surface area contributed by atoms with Crippen LogP contribution in [0.4, 0.5) is 0 Å². The zero-order valence-corrected chi connectivity index (χ0v) is 13.0. The van der Waals surface area contributed by atoms with E-state index < -0.39 is 0 Å². The Kier molecular flexibility index (Phi) is 13.2. The fourth-order valence-electron chi connectivity index (χ4n) is 1.97. The number of rotatable bonds is 13. The molecule has 0 amide bonds. The van der Waals surface area contributed by atoms with E-state index in [1.54, 1.807) is 0 Å². The van der Waals surface area contributed by atoms with Crippen molar-refractivity contribution in [1.82, 2.24) is 10.2 Å². The smallest absolute Gasteiger partial charge is 0.0593 e. The number of hydrogen-bond donors (Lipinski definition) is 1. The van der Waals surface area contributed by atoms with Gasteiger partial charge in [-0.1, -0.05) is 33.6 Å². The van der Waals surface area contributed by atoms with E-state index in [-0.39, 0.29) is 0 Å². The summed E-state index contributed by atoms with van der Waals surface area (Å²) in [5, 5.41) is 3.46. The van der Waals surface area contributed by atoms with Crippen LogP contribution in [0.25, 0.3) is 0 Å². The van der Waals surface area contributed by atoms with Crippen LogP contribution in [0.3, 0.4) is 0 Å². The van der Waals surface area contributed by atoms with E-state index in [2.05, 4.69) is 37.9 Å². The molecule has 0 aromatic heterocycles. The Morgan fingerprint density at radius 1 is 1.00 bits per heavy atom. The van der Waals surface area contributed by atoms with Crippen LogP contribution >= 0.6 is 0 Å². The molecule has 0 fully saturated rings. The molecule has 0 aromatic carbocycles. The molecule has 0 saturated heterocycles. The van der Waals surface area contributed by atoms with Gasteiger partial charge in [-0.25, -0.2) is 0 Å². The molecule has 0 aliphatic rings. The normalized spacial score (nSPS) is 11.7. The van der Waals surface area contributed by atoms with Crippen LogP contribution in [-0.4, -0.2) is 50.3 Å². The van der Waals surface area contributed by atoms with E-state index in [0.717, 1.165) is 26.3 Å². The van der Waals surface area contributed by atoms with Crippen molar-refractivity contribution in [2.24, 2.45) is 0 Å². The van der Waals surface area contributed by atoms with Crippen LogP contribution in [0.1, 0.15) is 53.4 Å². The number of unbranched alkanes of at least 4 members (excludes halogenated alkanes) is 3. The second kappa shape index (κ2) is 13.3. The van der Waals surface area contributed by atoms with E-state index in [0.29, 0.717) is 6.04 Å².